The van der Waals surface area contributed by atoms with E-state index in [2.05, 4.69) is 41.4 Å². The molecule has 0 aromatic carbocycles. The van der Waals surface area contributed by atoms with Crippen LogP contribution in [0.3, 0.4) is 0 Å². The van der Waals surface area contributed by atoms with Gasteiger partial charge in [0.1, 0.15) is 18.0 Å². The van der Waals surface area contributed by atoms with E-state index in [-0.39, 0.29) is 12.6 Å². The maximum atomic E-state index is 9.04. The maximum Gasteiger partial charge on any atom is 0.135 e. The number of hydrogen-bond donors (Lipinski definition) is 3. The van der Waals surface area contributed by atoms with Crippen molar-refractivity contribution in [2.75, 3.05) is 24.3 Å². The molecule has 0 saturated heterocycles. The Labute approximate surface area is 109 Å². The summed E-state index contributed by atoms with van der Waals surface area (Å²) in [6.07, 6.45) is 3.25. The Morgan fingerprint density at radius 1 is 1.28 bits per heavy atom. The van der Waals surface area contributed by atoms with E-state index in [1.807, 2.05) is 7.05 Å². The van der Waals surface area contributed by atoms with Crippen molar-refractivity contribution in [2.24, 2.45) is 0 Å². The Morgan fingerprint density at radius 3 is 2.44 bits per heavy atom. The van der Waals surface area contributed by atoms with Gasteiger partial charge in [-0.05, 0) is 18.8 Å². The van der Waals surface area contributed by atoms with Gasteiger partial charge in [-0.2, -0.15) is 0 Å². The highest BCUT2D eigenvalue weighted by Crippen LogP contribution is 2.28. The molecule has 5 nitrogen and oxygen atoms in total. The molecular formula is C13H24N4O. The molecule has 0 spiro atoms. The summed E-state index contributed by atoms with van der Waals surface area (Å²) in [5, 5.41) is 15.5. The molecule has 0 bridgehead atoms. The average Bonchev–Trinajstić information content (AvgIpc) is 2.37. The lowest BCUT2D eigenvalue weighted by Crippen LogP contribution is -2.22. The molecule has 1 heterocycles. The summed E-state index contributed by atoms with van der Waals surface area (Å²) < 4.78 is 0. The minimum atomic E-state index is 0.187. The number of hydrogen-bond acceptors (Lipinski definition) is 5. The van der Waals surface area contributed by atoms with Crippen LogP contribution in [-0.4, -0.2) is 34.8 Å². The Morgan fingerprint density at radius 2 is 1.94 bits per heavy atom. The lowest BCUT2D eigenvalue weighted by molar-refractivity contribution is 0.278. The predicted molar refractivity (Wildman–Crippen MR) is 75.1 cm³/mol. The predicted octanol–water partition coefficient (Wildman–Crippen LogP) is 2.21. The number of aliphatic hydroxyl groups excluding tert-OH is 1. The van der Waals surface area contributed by atoms with Gasteiger partial charge in [0, 0.05) is 25.3 Å². The van der Waals surface area contributed by atoms with Gasteiger partial charge in [-0.15, -0.1) is 0 Å². The van der Waals surface area contributed by atoms with Crippen molar-refractivity contribution in [3.8, 4) is 0 Å². The van der Waals surface area contributed by atoms with Crippen LogP contribution in [0.2, 0.25) is 0 Å². The molecule has 0 radical (unpaired) electrons. The van der Waals surface area contributed by atoms with E-state index in [1.165, 1.54) is 0 Å². The summed E-state index contributed by atoms with van der Waals surface area (Å²) in [4.78, 5) is 8.58. The minimum absolute atomic E-state index is 0.187. The van der Waals surface area contributed by atoms with E-state index in [4.69, 9.17) is 5.11 Å². The first-order valence-electron chi connectivity index (χ1n) is 6.54. The summed E-state index contributed by atoms with van der Waals surface area (Å²) in [7, 11) is 1.86. The van der Waals surface area contributed by atoms with Gasteiger partial charge in [-0.25, -0.2) is 9.97 Å². The van der Waals surface area contributed by atoms with Crippen LogP contribution in [0.4, 0.5) is 11.6 Å². The van der Waals surface area contributed by atoms with Gasteiger partial charge in [-0.3, -0.25) is 0 Å². The molecule has 0 aliphatic rings. The van der Waals surface area contributed by atoms with Crippen LogP contribution in [0, 0.1) is 0 Å². The van der Waals surface area contributed by atoms with Gasteiger partial charge in [-0.1, -0.05) is 20.8 Å². The third-order valence-corrected chi connectivity index (χ3v) is 3.01. The Hall–Kier alpha value is -1.36. The molecule has 5 heteroatoms. The van der Waals surface area contributed by atoms with Crippen LogP contribution in [0.25, 0.3) is 0 Å². The zero-order valence-corrected chi connectivity index (χ0v) is 11.7. The van der Waals surface area contributed by atoms with Crippen molar-refractivity contribution in [3.05, 3.63) is 11.9 Å². The number of aliphatic hydroxyl groups is 1. The number of aromatic nitrogens is 2. The largest absolute Gasteiger partial charge is 0.396 e. The van der Waals surface area contributed by atoms with E-state index < -0.39 is 0 Å². The molecule has 0 aliphatic heterocycles. The molecule has 0 aliphatic carbocycles. The van der Waals surface area contributed by atoms with Crippen molar-refractivity contribution in [3.63, 3.8) is 0 Å². The van der Waals surface area contributed by atoms with Crippen molar-refractivity contribution < 1.29 is 5.11 Å². The fraction of sp³-hybridized carbons (Fsp3) is 0.692. The molecule has 1 rings (SSSR count). The Kier molecular flexibility index (Phi) is 5.85. The number of nitrogens with one attached hydrogen (secondary N) is 2. The fourth-order valence-electron chi connectivity index (χ4n) is 1.98. The normalized spacial score (nSPS) is 12.6. The summed E-state index contributed by atoms with van der Waals surface area (Å²) >= 11 is 0. The van der Waals surface area contributed by atoms with Crippen LogP contribution >= 0.6 is 0 Å². The summed E-state index contributed by atoms with van der Waals surface area (Å²) in [5.41, 5.74) is 1.09. The highest BCUT2D eigenvalue weighted by atomic mass is 16.3. The van der Waals surface area contributed by atoms with Crippen molar-refractivity contribution in [1.82, 2.24) is 9.97 Å². The number of rotatable bonds is 7. The second-order valence-electron chi connectivity index (χ2n) is 4.65. The van der Waals surface area contributed by atoms with Gasteiger partial charge in [0.2, 0.25) is 0 Å². The zero-order valence-electron chi connectivity index (χ0n) is 11.7. The molecule has 0 fully saturated rings. The van der Waals surface area contributed by atoms with E-state index in [0.717, 1.165) is 30.0 Å². The first-order valence-corrected chi connectivity index (χ1v) is 6.54. The van der Waals surface area contributed by atoms with Crippen molar-refractivity contribution in [1.29, 1.82) is 0 Å². The van der Waals surface area contributed by atoms with Crippen molar-refractivity contribution in [2.45, 2.75) is 45.6 Å². The molecule has 0 amide bonds. The lowest BCUT2D eigenvalue weighted by atomic mass is 10.0. The smallest absolute Gasteiger partial charge is 0.135 e. The van der Waals surface area contributed by atoms with E-state index >= 15 is 0 Å². The second kappa shape index (κ2) is 7.16. The third kappa shape index (κ3) is 3.57. The first kappa shape index (κ1) is 14.7. The summed E-state index contributed by atoms with van der Waals surface area (Å²) in [6, 6.07) is 0.243. The topological polar surface area (TPSA) is 70.1 Å². The Bertz CT molecular complexity index is 368. The summed E-state index contributed by atoms with van der Waals surface area (Å²) in [5.74, 6) is 2.06. The van der Waals surface area contributed by atoms with E-state index in [0.29, 0.717) is 5.92 Å². The molecule has 1 aromatic rings. The van der Waals surface area contributed by atoms with Crippen LogP contribution < -0.4 is 10.6 Å². The van der Waals surface area contributed by atoms with Crippen molar-refractivity contribution >= 4 is 11.6 Å². The highest BCUT2D eigenvalue weighted by molar-refractivity contribution is 5.59. The molecule has 1 atom stereocenters. The SMILES string of the molecule is CCC(CCO)Nc1ncnc(NC)c1C(C)C. The molecule has 1 aromatic heterocycles. The summed E-state index contributed by atoms with van der Waals surface area (Å²) in [6.45, 7) is 6.53. The van der Waals surface area contributed by atoms with Crippen LogP contribution in [0.1, 0.15) is 45.1 Å². The zero-order chi connectivity index (χ0) is 13.5. The molecule has 3 N–H and O–H groups in total. The van der Waals surface area contributed by atoms with Gasteiger partial charge < -0.3 is 15.7 Å². The average molecular weight is 252 g/mol. The third-order valence-electron chi connectivity index (χ3n) is 3.01. The Balaban J connectivity index is 3.00. The number of anilines is 2. The fourth-order valence-corrected chi connectivity index (χ4v) is 1.98. The van der Waals surface area contributed by atoms with Gasteiger partial charge >= 0.3 is 0 Å². The molecular weight excluding hydrogens is 228 g/mol. The first-order chi connectivity index (χ1) is 8.63. The molecule has 102 valence electrons. The highest BCUT2D eigenvalue weighted by Gasteiger charge is 2.16. The van der Waals surface area contributed by atoms with Gasteiger partial charge in [0.05, 0.1) is 0 Å². The molecule has 18 heavy (non-hydrogen) atoms. The second-order valence-corrected chi connectivity index (χ2v) is 4.65. The van der Waals surface area contributed by atoms with Gasteiger partial charge in [0.15, 0.2) is 0 Å². The van der Waals surface area contributed by atoms with E-state index in [9.17, 15) is 0 Å². The van der Waals surface area contributed by atoms with Gasteiger partial charge in [0.25, 0.3) is 0 Å². The lowest BCUT2D eigenvalue weighted by Gasteiger charge is -2.21. The van der Waals surface area contributed by atoms with Crippen LogP contribution in [0.5, 0.6) is 0 Å². The number of nitrogens with zero attached hydrogens (tertiary/aromatic N) is 2. The van der Waals surface area contributed by atoms with E-state index in [1.54, 1.807) is 6.33 Å². The standard InChI is InChI=1S/C13H24N4O/c1-5-10(6-7-18)17-13-11(9(2)3)12(14-4)15-8-16-13/h8-10,18H,5-7H2,1-4H3,(H2,14,15,16,17). The van der Waals surface area contributed by atoms with Crippen LogP contribution in [0.15, 0.2) is 6.33 Å². The quantitative estimate of drug-likeness (QED) is 0.694. The van der Waals surface area contributed by atoms with Crippen LogP contribution in [-0.2, 0) is 0 Å². The molecule has 1 unspecified atom stereocenters. The monoisotopic (exact) mass is 252 g/mol. The minimum Gasteiger partial charge on any atom is -0.396 e. The maximum absolute atomic E-state index is 9.04. The molecule has 0 saturated carbocycles.